The number of ether oxygens (including phenoxy) is 2. The maximum absolute atomic E-state index is 13.1. The summed E-state index contributed by atoms with van der Waals surface area (Å²) in [5.41, 5.74) is 1.62. The highest BCUT2D eigenvalue weighted by atomic mass is 19.4. The van der Waals surface area contributed by atoms with Gasteiger partial charge in [0.25, 0.3) is 0 Å². The molecular formula is C30H32F3NO4. The van der Waals surface area contributed by atoms with Crippen LogP contribution in [0, 0.1) is 0 Å². The van der Waals surface area contributed by atoms with Crippen LogP contribution in [0.3, 0.4) is 0 Å². The number of alkyl halides is 3. The van der Waals surface area contributed by atoms with Gasteiger partial charge in [-0.15, -0.1) is 0 Å². The number of hydrogen-bond acceptors (Lipinski definition) is 4. The maximum atomic E-state index is 13.1. The molecule has 0 aliphatic carbocycles. The molecule has 1 heterocycles. The van der Waals surface area contributed by atoms with Crippen LogP contribution < -0.4 is 4.74 Å². The van der Waals surface area contributed by atoms with Crippen molar-refractivity contribution in [2.45, 2.75) is 63.3 Å². The van der Waals surface area contributed by atoms with E-state index in [1.807, 2.05) is 54.6 Å². The zero-order valence-electron chi connectivity index (χ0n) is 21.2. The number of nitrogens with zero attached hydrogens (tertiary/aromatic N) is 1. The van der Waals surface area contributed by atoms with Crippen LogP contribution in [-0.4, -0.2) is 41.3 Å². The number of aliphatic hydroxyl groups excluding tert-OH is 1. The fraction of sp³-hybridized carbons (Fsp3) is 0.367. The van der Waals surface area contributed by atoms with Gasteiger partial charge >= 0.3 is 6.18 Å². The van der Waals surface area contributed by atoms with Gasteiger partial charge in [0.2, 0.25) is 5.91 Å². The van der Waals surface area contributed by atoms with Crippen molar-refractivity contribution >= 4 is 5.91 Å². The van der Waals surface area contributed by atoms with Gasteiger partial charge in [0.1, 0.15) is 5.75 Å². The second-order valence-corrected chi connectivity index (χ2v) is 9.61. The number of methoxy groups -OCH3 is 1. The molecule has 38 heavy (non-hydrogen) atoms. The van der Waals surface area contributed by atoms with E-state index in [-0.39, 0.29) is 30.9 Å². The molecule has 1 fully saturated rings. The predicted molar refractivity (Wildman–Crippen MR) is 137 cm³/mol. The van der Waals surface area contributed by atoms with Crippen LogP contribution in [-0.2, 0) is 35.3 Å². The van der Waals surface area contributed by atoms with Crippen LogP contribution in [0.25, 0.3) is 0 Å². The summed E-state index contributed by atoms with van der Waals surface area (Å²) < 4.78 is 50.6. The second kappa shape index (κ2) is 12.5. The van der Waals surface area contributed by atoms with Crippen LogP contribution in [0.4, 0.5) is 13.2 Å². The number of amides is 1. The van der Waals surface area contributed by atoms with Gasteiger partial charge in [-0.2, -0.15) is 13.2 Å². The molecule has 5 nitrogen and oxygen atoms in total. The summed E-state index contributed by atoms with van der Waals surface area (Å²) in [6, 6.07) is 21.9. The first-order valence-electron chi connectivity index (χ1n) is 12.6. The van der Waals surface area contributed by atoms with E-state index in [1.165, 1.54) is 6.07 Å². The summed E-state index contributed by atoms with van der Waals surface area (Å²) in [6.45, 7) is 0.751. The number of halogens is 3. The normalized spacial score (nSPS) is 18.6. The number of aliphatic hydroxyl groups is 1. The molecule has 1 amide bonds. The second-order valence-electron chi connectivity index (χ2n) is 9.61. The lowest BCUT2D eigenvalue weighted by molar-refractivity contribution is -0.137. The summed E-state index contributed by atoms with van der Waals surface area (Å²) in [5.74, 6) is 0.691. The Bertz CT molecular complexity index is 1180. The first-order valence-corrected chi connectivity index (χ1v) is 12.6. The largest absolute Gasteiger partial charge is 0.497 e. The van der Waals surface area contributed by atoms with Crippen molar-refractivity contribution in [2.24, 2.45) is 0 Å². The predicted octanol–water partition coefficient (Wildman–Crippen LogP) is 5.78. The van der Waals surface area contributed by atoms with E-state index < -0.39 is 17.8 Å². The van der Waals surface area contributed by atoms with Gasteiger partial charge in [-0.1, -0.05) is 60.7 Å². The molecule has 202 valence electrons. The van der Waals surface area contributed by atoms with Crippen molar-refractivity contribution in [2.75, 3.05) is 7.11 Å². The van der Waals surface area contributed by atoms with Crippen molar-refractivity contribution in [3.8, 4) is 5.75 Å². The molecule has 0 bridgehead atoms. The minimum absolute atomic E-state index is 0.0313. The highest BCUT2D eigenvalue weighted by molar-refractivity contribution is 5.79. The first kappa shape index (κ1) is 27.7. The van der Waals surface area contributed by atoms with Crippen LogP contribution in [0.15, 0.2) is 78.9 Å². The Kier molecular flexibility index (Phi) is 9.07. The summed E-state index contributed by atoms with van der Waals surface area (Å²) >= 11 is 0. The summed E-state index contributed by atoms with van der Waals surface area (Å²) in [6.07, 6.45) is -4.54. The van der Waals surface area contributed by atoms with Crippen LogP contribution in [0.2, 0.25) is 0 Å². The van der Waals surface area contributed by atoms with Crippen LogP contribution in [0.1, 0.15) is 41.5 Å². The summed E-state index contributed by atoms with van der Waals surface area (Å²) in [7, 11) is 1.59. The zero-order chi connectivity index (χ0) is 27.1. The standard InChI is InChI=1S/C30H32F3NO4/c1-37-26-13-10-21(11-14-26)19-34-27(28(18-29(34)36)38-20-22-6-3-2-4-7-22)15-12-25(35)17-23-8-5-9-24(16-23)30(31,32)33/h2-11,13-14,16,25,27-28,35H,12,15,17-20H2,1H3/t25-,27+,28-/m1/s1. The molecule has 1 N–H and O–H groups in total. The number of carbonyl (C=O) groups excluding carboxylic acids is 1. The Balaban J connectivity index is 1.44. The van der Waals surface area contributed by atoms with Gasteiger partial charge in [0.05, 0.1) is 44.0 Å². The molecule has 0 unspecified atom stereocenters. The lowest BCUT2D eigenvalue weighted by Crippen LogP contribution is -2.38. The average molecular weight is 528 g/mol. The highest BCUT2D eigenvalue weighted by Crippen LogP contribution is 2.31. The van der Waals surface area contributed by atoms with Crippen molar-refractivity contribution in [1.29, 1.82) is 0 Å². The third-order valence-electron chi connectivity index (χ3n) is 6.87. The Hall–Kier alpha value is -3.36. The van der Waals surface area contributed by atoms with Crippen molar-refractivity contribution in [3.63, 3.8) is 0 Å². The van der Waals surface area contributed by atoms with Gasteiger partial charge < -0.3 is 19.5 Å². The number of hydrogen-bond donors (Lipinski definition) is 1. The number of carbonyl (C=O) groups is 1. The molecule has 0 saturated carbocycles. The topological polar surface area (TPSA) is 59.0 Å². The van der Waals surface area contributed by atoms with E-state index in [4.69, 9.17) is 9.47 Å². The van der Waals surface area contributed by atoms with Crippen molar-refractivity contribution in [1.82, 2.24) is 4.90 Å². The number of benzene rings is 3. The van der Waals surface area contributed by atoms with E-state index in [1.54, 1.807) is 18.1 Å². The molecule has 8 heteroatoms. The van der Waals surface area contributed by atoms with Crippen molar-refractivity contribution < 1.29 is 32.5 Å². The van der Waals surface area contributed by atoms with E-state index in [9.17, 15) is 23.1 Å². The molecule has 1 aliphatic rings. The molecular weight excluding hydrogens is 495 g/mol. The third-order valence-corrected chi connectivity index (χ3v) is 6.87. The average Bonchev–Trinajstić information content (AvgIpc) is 3.20. The highest BCUT2D eigenvalue weighted by Gasteiger charge is 2.40. The number of rotatable bonds is 11. The molecule has 3 aromatic rings. The van der Waals surface area contributed by atoms with Crippen LogP contribution in [0.5, 0.6) is 5.75 Å². The van der Waals surface area contributed by atoms with Gasteiger partial charge in [0, 0.05) is 6.54 Å². The molecule has 0 spiro atoms. The minimum atomic E-state index is -4.43. The van der Waals surface area contributed by atoms with Crippen LogP contribution >= 0.6 is 0 Å². The molecule has 1 saturated heterocycles. The fourth-order valence-corrected chi connectivity index (χ4v) is 4.85. The number of likely N-dealkylation sites (tertiary alicyclic amines) is 1. The first-order chi connectivity index (χ1) is 18.2. The Morgan fingerprint density at radius 1 is 0.974 bits per heavy atom. The Morgan fingerprint density at radius 3 is 2.37 bits per heavy atom. The smallest absolute Gasteiger partial charge is 0.416 e. The molecule has 0 radical (unpaired) electrons. The monoisotopic (exact) mass is 527 g/mol. The molecule has 4 rings (SSSR count). The quantitative estimate of drug-likeness (QED) is 0.343. The molecule has 1 aliphatic heterocycles. The lowest BCUT2D eigenvalue weighted by atomic mass is 9.98. The Morgan fingerprint density at radius 2 is 1.68 bits per heavy atom. The third kappa shape index (κ3) is 7.36. The SMILES string of the molecule is COc1ccc(CN2C(=O)C[C@@H](OCc3ccccc3)[C@@H]2CC[C@@H](O)Cc2cccc(C(F)(F)F)c2)cc1. The fourth-order valence-electron chi connectivity index (χ4n) is 4.85. The maximum Gasteiger partial charge on any atom is 0.416 e. The van der Waals surface area contributed by atoms with Crippen molar-refractivity contribution in [3.05, 3.63) is 101 Å². The van der Waals surface area contributed by atoms with Gasteiger partial charge in [-0.3, -0.25) is 4.79 Å². The summed E-state index contributed by atoms with van der Waals surface area (Å²) in [4.78, 5) is 14.8. The molecule has 0 aromatic heterocycles. The zero-order valence-corrected chi connectivity index (χ0v) is 21.2. The summed E-state index contributed by atoms with van der Waals surface area (Å²) in [5, 5.41) is 10.7. The molecule has 3 aromatic carbocycles. The van der Waals surface area contributed by atoms with E-state index >= 15 is 0 Å². The molecule has 3 atom stereocenters. The van der Waals surface area contributed by atoms with Gasteiger partial charge in [-0.25, -0.2) is 0 Å². The van der Waals surface area contributed by atoms with Gasteiger partial charge in [0.15, 0.2) is 0 Å². The minimum Gasteiger partial charge on any atom is -0.497 e. The van der Waals surface area contributed by atoms with E-state index in [0.29, 0.717) is 31.6 Å². The van der Waals surface area contributed by atoms with E-state index in [0.717, 1.165) is 29.0 Å². The lowest BCUT2D eigenvalue weighted by Gasteiger charge is -2.29. The van der Waals surface area contributed by atoms with E-state index in [2.05, 4.69) is 0 Å². The Labute approximate surface area is 220 Å². The van der Waals surface area contributed by atoms with Gasteiger partial charge in [-0.05, 0) is 54.2 Å².